The summed E-state index contributed by atoms with van der Waals surface area (Å²) in [6.07, 6.45) is 1.90. The summed E-state index contributed by atoms with van der Waals surface area (Å²) in [5.74, 6) is 0.0395. The molecular formula is C28H30ClN3O2. The van der Waals surface area contributed by atoms with Crippen LogP contribution >= 0.6 is 11.6 Å². The molecule has 0 saturated heterocycles. The van der Waals surface area contributed by atoms with E-state index in [9.17, 15) is 9.59 Å². The molecular weight excluding hydrogens is 446 g/mol. The lowest BCUT2D eigenvalue weighted by Crippen LogP contribution is -2.34. The third-order valence-corrected chi connectivity index (χ3v) is 6.56. The Morgan fingerprint density at radius 1 is 1.00 bits per heavy atom. The molecule has 1 fully saturated rings. The van der Waals surface area contributed by atoms with Gasteiger partial charge >= 0.3 is 0 Å². The van der Waals surface area contributed by atoms with Crippen LogP contribution in [0.15, 0.2) is 72.8 Å². The van der Waals surface area contributed by atoms with E-state index in [1.165, 1.54) is 0 Å². The van der Waals surface area contributed by atoms with E-state index in [2.05, 4.69) is 5.32 Å². The van der Waals surface area contributed by atoms with Gasteiger partial charge in [0.2, 0.25) is 5.91 Å². The fourth-order valence-corrected chi connectivity index (χ4v) is 4.30. The van der Waals surface area contributed by atoms with Gasteiger partial charge in [-0.15, -0.1) is 0 Å². The molecule has 4 rings (SSSR count). The van der Waals surface area contributed by atoms with Crippen LogP contribution in [0.2, 0.25) is 5.02 Å². The molecule has 5 nitrogen and oxygen atoms in total. The van der Waals surface area contributed by atoms with E-state index in [0.29, 0.717) is 17.1 Å². The van der Waals surface area contributed by atoms with Gasteiger partial charge < -0.3 is 15.1 Å². The van der Waals surface area contributed by atoms with Crippen LogP contribution in [0.25, 0.3) is 0 Å². The van der Waals surface area contributed by atoms with Crippen molar-refractivity contribution in [2.24, 2.45) is 5.92 Å². The molecule has 34 heavy (non-hydrogen) atoms. The van der Waals surface area contributed by atoms with E-state index in [-0.39, 0.29) is 23.8 Å². The molecule has 0 aromatic heterocycles. The number of amides is 2. The van der Waals surface area contributed by atoms with Gasteiger partial charge in [-0.3, -0.25) is 9.59 Å². The molecule has 0 aliphatic heterocycles. The maximum Gasteiger partial charge on any atom is 0.256 e. The summed E-state index contributed by atoms with van der Waals surface area (Å²) in [6.45, 7) is 2.39. The number of nitrogens with one attached hydrogen (secondary N) is 1. The van der Waals surface area contributed by atoms with Crippen LogP contribution in [0.1, 0.15) is 47.3 Å². The van der Waals surface area contributed by atoms with Gasteiger partial charge in [0.1, 0.15) is 0 Å². The largest absolute Gasteiger partial charge is 0.377 e. The van der Waals surface area contributed by atoms with E-state index in [4.69, 9.17) is 11.6 Å². The minimum Gasteiger partial charge on any atom is -0.377 e. The van der Waals surface area contributed by atoms with Gasteiger partial charge in [-0.05, 0) is 61.2 Å². The highest BCUT2D eigenvalue weighted by atomic mass is 35.5. The Morgan fingerprint density at radius 3 is 2.32 bits per heavy atom. The lowest BCUT2D eigenvalue weighted by Gasteiger charge is -2.32. The van der Waals surface area contributed by atoms with E-state index in [1.54, 1.807) is 12.1 Å². The second-order valence-corrected chi connectivity index (χ2v) is 9.41. The number of anilines is 2. The first-order valence-corrected chi connectivity index (χ1v) is 11.9. The van der Waals surface area contributed by atoms with Crippen molar-refractivity contribution in [3.63, 3.8) is 0 Å². The first kappa shape index (κ1) is 23.8. The third-order valence-electron chi connectivity index (χ3n) is 6.23. The number of carbonyl (C=O) groups is 2. The quantitative estimate of drug-likeness (QED) is 0.424. The van der Waals surface area contributed by atoms with Crippen molar-refractivity contribution >= 4 is 34.8 Å². The number of nitrogens with zero attached hydrogens (tertiary/aromatic N) is 2. The van der Waals surface area contributed by atoms with Crippen molar-refractivity contribution in [2.75, 3.05) is 24.3 Å². The van der Waals surface area contributed by atoms with Crippen LogP contribution in [0, 0.1) is 5.92 Å². The maximum absolute atomic E-state index is 13.8. The van der Waals surface area contributed by atoms with E-state index in [1.807, 2.05) is 91.5 Å². The van der Waals surface area contributed by atoms with Crippen LogP contribution in [0.5, 0.6) is 0 Å². The monoisotopic (exact) mass is 475 g/mol. The van der Waals surface area contributed by atoms with Gasteiger partial charge in [0, 0.05) is 37.9 Å². The lowest BCUT2D eigenvalue weighted by atomic mass is 10.0. The molecule has 0 heterocycles. The summed E-state index contributed by atoms with van der Waals surface area (Å²) in [5.41, 5.74) is 4.18. The lowest BCUT2D eigenvalue weighted by molar-refractivity contribution is -0.117. The first-order chi connectivity index (χ1) is 16.3. The van der Waals surface area contributed by atoms with Gasteiger partial charge in [0.15, 0.2) is 0 Å². The zero-order valence-corrected chi connectivity index (χ0v) is 20.5. The van der Waals surface area contributed by atoms with Crippen molar-refractivity contribution in [3.8, 4) is 0 Å². The normalized spacial score (nSPS) is 13.8. The van der Waals surface area contributed by atoms with Crippen LogP contribution in [0.3, 0.4) is 0 Å². The summed E-state index contributed by atoms with van der Waals surface area (Å²) in [7, 11) is 3.95. The van der Waals surface area contributed by atoms with Gasteiger partial charge in [0.25, 0.3) is 5.91 Å². The van der Waals surface area contributed by atoms with Gasteiger partial charge in [-0.25, -0.2) is 0 Å². The molecule has 1 aliphatic carbocycles. The van der Waals surface area contributed by atoms with E-state index < -0.39 is 0 Å². The number of benzene rings is 3. The van der Waals surface area contributed by atoms with Gasteiger partial charge in [-0.2, -0.15) is 0 Å². The molecule has 3 aromatic rings. The zero-order chi connectivity index (χ0) is 24.2. The Hall–Kier alpha value is -3.31. The van der Waals surface area contributed by atoms with Crippen LogP contribution < -0.4 is 10.2 Å². The number of carbonyl (C=O) groups excluding carboxylic acids is 2. The van der Waals surface area contributed by atoms with Crippen molar-refractivity contribution in [3.05, 3.63) is 94.5 Å². The minimum atomic E-state index is -0.190. The van der Waals surface area contributed by atoms with Crippen molar-refractivity contribution in [1.82, 2.24) is 4.90 Å². The highest BCUT2D eigenvalue weighted by Crippen LogP contribution is 2.33. The minimum absolute atomic E-state index is 0.0604. The summed E-state index contributed by atoms with van der Waals surface area (Å²) >= 11 is 6.41. The second kappa shape index (κ2) is 10.3. The number of rotatable bonds is 8. The Balaban J connectivity index is 1.72. The van der Waals surface area contributed by atoms with E-state index >= 15 is 0 Å². The van der Waals surface area contributed by atoms with Gasteiger partial charge in [-0.1, -0.05) is 54.1 Å². The highest BCUT2D eigenvalue weighted by Gasteiger charge is 2.30. The number of halogens is 1. The fourth-order valence-electron chi connectivity index (χ4n) is 4.09. The standard InChI is InChI=1S/C28H30ClN3O2/c1-19(20-9-5-4-6-10-20)32(28(34)24-11-7-8-12-25(24)29)18-22-17-23(15-16-26(22)31(2)3)30-27(33)21-13-14-21/h4-12,15-17,19,21H,13-14,18H2,1-3H3,(H,30,33). The molecule has 0 radical (unpaired) electrons. The predicted molar refractivity (Wildman–Crippen MR) is 138 cm³/mol. The fraction of sp³-hybridized carbons (Fsp3) is 0.286. The maximum atomic E-state index is 13.8. The molecule has 176 valence electrons. The molecule has 1 atom stereocenters. The molecule has 3 aromatic carbocycles. The van der Waals surface area contributed by atoms with Crippen molar-refractivity contribution < 1.29 is 9.59 Å². The Bertz CT molecular complexity index is 1180. The SMILES string of the molecule is CC(c1ccccc1)N(Cc1cc(NC(=O)C2CC2)ccc1N(C)C)C(=O)c1ccccc1Cl. The Labute approximate surface area is 206 Å². The van der Waals surface area contributed by atoms with Crippen molar-refractivity contribution in [2.45, 2.75) is 32.4 Å². The third kappa shape index (κ3) is 5.42. The average molecular weight is 476 g/mol. The van der Waals surface area contributed by atoms with Gasteiger partial charge in [0.05, 0.1) is 16.6 Å². The highest BCUT2D eigenvalue weighted by molar-refractivity contribution is 6.33. The molecule has 6 heteroatoms. The average Bonchev–Trinajstić information content (AvgIpc) is 3.68. The van der Waals surface area contributed by atoms with Crippen LogP contribution in [-0.4, -0.2) is 30.8 Å². The van der Waals surface area contributed by atoms with Crippen molar-refractivity contribution in [1.29, 1.82) is 0 Å². The Kier molecular flexibility index (Phi) is 7.23. The van der Waals surface area contributed by atoms with Crippen LogP contribution in [0.4, 0.5) is 11.4 Å². The number of hydrogen-bond acceptors (Lipinski definition) is 3. The summed E-state index contributed by atoms with van der Waals surface area (Å²) < 4.78 is 0. The predicted octanol–water partition coefficient (Wildman–Crippen LogP) is 6.16. The summed E-state index contributed by atoms with van der Waals surface area (Å²) in [5, 5.41) is 3.46. The summed E-state index contributed by atoms with van der Waals surface area (Å²) in [4.78, 5) is 30.0. The molecule has 2 amide bonds. The summed E-state index contributed by atoms with van der Waals surface area (Å²) in [6, 6.07) is 22.8. The first-order valence-electron chi connectivity index (χ1n) is 11.6. The molecule has 1 N–H and O–H groups in total. The molecule has 1 saturated carbocycles. The molecule has 1 unspecified atom stereocenters. The number of hydrogen-bond donors (Lipinski definition) is 1. The molecule has 0 bridgehead atoms. The second-order valence-electron chi connectivity index (χ2n) is 9.00. The smallest absolute Gasteiger partial charge is 0.256 e. The Morgan fingerprint density at radius 2 is 1.68 bits per heavy atom. The molecule has 1 aliphatic rings. The topological polar surface area (TPSA) is 52.7 Å². The van der Waals surface area contributed by atoms with E-state index in [0.717, 1.165) is 35.3 Å². The zero-order valence-electron chi connectivity index (χ0n) is 19.8. The molecule has 0 spiro atoms. The van der Waals surface area contributed by atoms with Crippen LogP contribution in [-0.2, 0) is 11.3 Å².